The lowest BCUT2D eigenvalue weighted by Crippen LogP contribution is -2.52. The zero-order chi connectivity index (χ0) is 28.1. The fraction of sp³-hybridized carbons (Fsp3) is 0.680. The molecular formula is C25H45N5O6. The molecule has 1 rings (SSSR count). The van der Waals surface area contributed by atoms with Gasteiger partial charge in [-0.2, -0.15) is 0 Å². The van der Waals surface area contributed by atoms with E-state index in [4.69, 9.17) is 5.73 Å². The van der Waals surface area contributed by atoms with Crippen molar-refractivity contribution in [1.82, 2.24) is 20.9 Å². The summed E-state index contributed by atoms with van der Waals surface area (Å²) in [4.78, 5) is 70.9. The fourth-order valence-electron chi connectivity index (χ4n) is 3.14. The molecule has 0 fully saturated rings. The average molecular weight is 512 g/mol. The summed E-state index contributed by atoms with van der Waals surface area (Å²) >= 11 is 0. The first-order chi connectivity index (χ1) is 17.1. The van der Waals surface area contributed by atoms with Gasteiger partial charge in [-0.15, -0.1) is 0 Å². The lowest BCUT2D eigenvalue weighted by Gasteiger charge is -2.23. The van der Waals surface area contributed by atoms with Crippen molar-refractivity contribution < 1.29 is 28.8 Å². The Bertz CT molecular complexity index is 720. The maximum Gasteiger partial charge on any atom is 0.312 e. The summed E-state index contributed by atoms with van der Waals surface area (Å²) in [7, 11) is 0. The number of unbranched alkanes of at least 4 members (excludes halogenated alkanes) is 2. The van der Waals surface area contributed by atoms with Gasteiger partial charge < -0.3 is 26.5 Å². The van der Waals surface area contributed by atoms with Gasteiger partial charge in [0.15, 0.2) is 0 Å². The van der Waals surface area contributed by atoms with Crippen molar-refractivity contribution in [2.45, 2.75) is 92.2 Å². The van der Waals surface area contributed by atoms with Crippen LogP contribution in [0.15, 0.2) is 12.2 Å². The van der Waals surface area contributed by atoms with Crippen LogP contribution in [0.1, 0.15) is 80.1 Å². The quantitative estimate of drug-likeness (QED) is 0.148. The van der Waals surface area contributed by atoms with Crippen molar-refractivity contribution in [3.8, 4) is 0 Å². The summed E-state index contributed by atoms with van der Waals surface area (Å²) < 4.78 is 0. The SMILES string of the molecule is CC.CC.CC(C)C(NC(=O)CCCCCN1C(=O)C=CC1=O)C(=O)NC(C=O)CCCNC(N)=O. The smallest absolute Gasteiger partial charge is 0.312 e. The van der Waals surface area contributed by atoms with Crippen LogP contribution in [0.2, 0.25) is 0 Å². The van der Waals surface area contributed by atoms with Crippen molar-refractivity contribution >= 4 is 35.9 Å². The highest BCUT2D eigenvalue weighted by atomic mass is 16.2. The van der Waals surface area contributed by atoms with E-state index in [1.54, 1.807) is 13.8 Å². The number of carbonyl (C=O) groups excluding carboxylic acids is 6. The predicted octanol–water partition coefficient (Wildman–Crippen LogP) is 1.80. The molecule has 0 aromatic rings. The summed E-state index contributed by atoms with van der Waals surface area (Å²) in [6.07, 6.45) is 5.86. The van der Waals surface area contributed by atoms with Gasteiger partial charge in [0.2, 0.25) is 11.8 Å². The number of carbonyl (C=O) groups is 6. The lowest BCUT2D eigenvalue weighted by molar-refractivity contribution is -0.137. The van der Waals surface area contributed by atoms with Crippen LogP contribution in [0.25, 0.3) is 0 Å². The van der Waals surface area contributed by atoms with Crippen LogP contribution in [0.5, 0.6) is 0 Å². The van der Waals surface area contributed by atoms with E-state index in [1.165, 1.54) is 12.2 Å². The normalized spacial score (nSPS) is 13.6. The number of nitrogens with two attached hydrogens (primary N) is 1. The zero-order valence-electron chi connectivity index (χ0n) is 22.6. The molecule has 11 heteroatoms. The van der Waals surface area contributed by atoms with Gasteiger partial charge in [-0.3, -0.25) is 24.1 Å². The van der Waals surface area contributed by atoms with E-state index in [2.05, 4.69) is 16.0 Å². The Morgan fingerprint density at radius 2 is 1.53 bits per heavy atom. The monoisotopic (exact) mass is 511 g/mol. The zero-order valence-corrected chi connectivity index (χ0v) is 22.6. The van der Waals surface area contributed by atoms with Gasteiger partial charge in [-0.25, -0.2) is 4.79 Å². The summed E-state index contributed by atoms with van der Waals surface area (Å²) in [6, 6.07) is -2.19. The minimum Gasteiger partial charge on any atom is -0.352 e. The van der Waals surface area contributed by atoms with Crippen LogP contribution in [0.3, 0.4) is 0 Å². The number of nitrogens with zero attached hydrogens (tertiary/aromatic N) is 1. The van der Waals surface area contributed by atoms with Crippen molar-refractivity contribution in [2.24, 2.45) is 11.7 Å². The molecule has 1 heterocycles. The fourth-order valence-corrected chi connectivity index (χ4v) is 3.14. The molecule has 1 aliphatic rings. The Balaban J connectivity index is 0. The van der Waals surface area contributed by atoms with E-state index in [-0.39, 0.29) is 36.6 Å². The molecule has 0 bridgehead atoms. The first-order valence-corrected chi connectivity index (χ1v) is 12.8. The third-order valence-corrected chi connectivity index (χ3v) is 4.93. The van der Waals surface area contributed by atoms with Crippen LogP contribution in [0.4, 0.5) is 4.79 Å². The summed E-state index contributed by atoms with van der Waals surface area (Å²) in [6.45, 7) is 12.2. The molecule has 0 radical (unpaired) electrons. The van der Waals surface area contributed by atoms with E-state index in [9.17, 15) is 28.8 Å². The van der Waals surface area contributed by atoms with Crippen LogP contribution in [0, 0.1) is 5.92 Å². The molecule has 206 valence electrons. The van der Waals surface area contributed by atoms with Gasteiger partial charge in [0.05, 0.1) is 6.04 Å². The van der Waals surface area contributed by atoms with Crippen molar-refractivity contribution in [3.05, 3.63) is 12.2 Å². The van der Waals surface area contributed by atoms with E-state index >= 15 is 0 Å². The highest BCUT2D eigenvalue weighted by molar-refractivity contribution is 6.12. The molecular weight excluding hydrogens is 466 g/mol. The summed E-state index contributed by atoms with van der Waals surface area (Å²) in [5, 5.41) is 7.73. The molecule has 2 unspecified atom stereocenters. The number of urea groups is 1. The largest absolute Gasteiger partial charge is 0.352 e. The molecule has 0 aromatic carbocycles. The Labute approximate surface area is 215 Å². The number of amides is 6. The van der Waals surface area contributed by atoms with Crippen LogP contribution < -0.4 is 21.7 Å². The third kappa shape index (κ3) is 14.9. The highest BCUT2D eigenvalue weighted by Gasteiger charge is 2.26. The number of primary amides is 1. The number of aldehydes is 1. The molecule has 2 atom stereocenters. The maximum atomic E-state index is 12.6. The van der Waals surface area contributed by atoms with Crippen LogP contribution in [-0.4, -0.2) is 66.0 Å². The second kappa shape index (κ2) is 21.1. The van der Waals surface area contributed by atoms with Crippen molar-refractivity contribution in [1.29, 1.82) is 0 Å². The highest BCUT2D eigenvalue weighted by Crippen LogP contribution is 2.09. The summed E-state index contributed by atoms with van der Waals surface area (Å²) in [5.41, 5.74) is 4.97. The van der Waals surface area contributed by atoms with Gasteiger partial charge in [0, 0.05) is 31.7 Å². The number of hydrogen-bond acceptors (Lipinski definition) is 6. The molecule has 36 heavy (non-hydrogen) atoms. The Morgan fingerprint density at radius 3 is 2.03 bits per heavy atom. The number of imide groups is 1. The Kier molecular flexibility index (Phi) is 20.4. The Hall–Kier alpha value is -3.24. The standard InChI is InChI=1S/C21H33N5O6.2C2H6/c1-14(2)19(20(31)24-15(13-27)7-6-11-23-21(22)32)25-16(28)8-4-3-5-12-26-17(29)9-10-18(26)30;2*1-2/h9-10,13-15,19H,3-8,11-12H2,1-2H3,(H,24,31)(H,25,28)(H3,22,23,32);2*1-2H3. The minimum absolute atomic E-state index is 0.192. The van der Waals surface area contributed by atoms with E-state index in [0.717, 1.165) is 4.90 Å². The molecule has 0 spiro atoms. The molecule has 0 saturated heterocycles. The average Bonchev–Trinajstić information content (AvgIpc) is 3.18. The molecule has 1 aliphatic heterocycles. The third-order valence-electron chi connectivity index (χ3n) is 4.93. The van der Waals surface area contributed by atoms with E-state index < -0.39 is 24.0 Å². The van der Waals surface area contributed by atoms with E-state index in [1.807, 2.05) is 27.7 Å². The molecule has 0 aliphatic carbocycles. The van der Waals surface area contributed by atoms with E-state index in [0.29, 0.717) is 44.9 Å². The molecule has 0 aromatic heterocycles. The second-order valence-corrected chi connectivity index (χ2v) is 7.95. The van der Waals surface area contributed by atoms with Gasteiger partial charge in [0.25, 0.3) is 11.8 Å². The number of rotatable bonds is 15. The van der Waals surface area contributed by atoms with Crippen molar-refractivity contribution in [2.75, 3.05) is 13.1 Å². The van der Waals surface area contributed by atoms with Crippen molar-refractivity contribution in [3.63, 3.8) is 0 Å². The summed E-state index contributed by atoms with van der Waals surface area (Å²) in [5.74, 6) is -1.58. The molecule has 6 amide bonds. The molecule has 5 N–H and O–H groups in total. The predicted molar refractivity (Wildman–Crippen MR) is 139 cm³/mol. The first-order valence-electron chi connectivity index (χ1n) is 12.8. The first kappa shape index (κ1) is 34.9. The number of hydrogen-bond donors (Lipinski definition) is 4. The Morgan fingerprint density at radius 1 is 0.944 bits per heavy atom. The molecule has 0 saturated carbocycles. The van der Waals surface area contributed by atoms with Gasteiger partial charge >= 0.3 is 6.03 Å². The second-order valence-electron chi connectivity index (χ2n) is 7.95. The van der Waals surface area contributed by atoms with Gasteiger partial charge in [-0.1, -0.05) is 48.0 Å². The topological polar surface area (TPSA) is 168 Å². The van der Waals surface area contributed by atoms with Gasteiger partial charge in [-0.05, 0) is 31.6 Å². The van der Waals surface area contributed by atoms with Crippen LogP contribution >= 0.6 is 0 Å². The lowest BCUT2D eigenvalue weighted by atomic mass is 10.0. The number of nitrogens with one attached hydrogen (secondary N) is 3. The molecule has 11 nitrogen and oxygen atoms in total. The van der Waals surface area contributed by atoms with Crippen LogP contribution in [-0.2, 0) is 24.0 Å². The maximum absolute atomic E-state index is 12.6. The minimum atomic E-state index is -0.792. The van der Waals surface area contributed by atoms with Gasteiger partial charge in [0.1, 0.15) is 12.3 Å².